The number of halogens is 2. The highest BCUT2D eigenvalue weighted by molar-refractivity contribution is 5.92. The lowest BCUT2D eigenvalue weighted by atomic mass is 9.80. The highest BCUT2D eigenvalue weighted by atomic mass is 19.3. The van der Waals surface area contributed by atoms with Crippen LogP contribution < -0.4 is 5.32 Å². The smallest absolute Gasteiger partial charge is 0.260 e. The lowest BCUT2D eigenvalue weighted by molar-refractivity contribution is -0.132. The minimum absolute atomic E-state index is 0. The fraction of sp³-hybridized carbons (Fsp3) is 0.867. The summed E-state index contributed by atoms with van der Waals surface area (Å²) in [4.78, 5) is 24.1. The summed E-state index contributed by atoms with van der Waals surface area (Å²) >= 11 is 0. The zero-order chi connectivity index (χ0) is 14.9. The third kappa shape index (κ3) is 3.36. The van der Waals surface area contributed by atoms with Gasteiger partial charge in [-0.2, -0.15) is 0 Å². The second-order valence-corrected chi connectivity index (χ2v) is 6.46. The first-order valence-corrected chi connectivity index (χ1v) is 7.55. The number of hydrogen-bond donors (Lipinski definition) is 1. The molecule has 5 heteroatoms. The molecule has 2 aliphatic carbocycles. The fourth-order valence-corrected chi connectivity index (χ4v) is 3.00. The van der Waals surface area contributed by atoms with Crippen molar-refractivity contribution in [1.29, 1.82) is 0 Å². The summed E-state index contributed by atoms with van der Waals surface area (Å²) in [5.74, 6) is -4.87. The molecule has 0 aromatic carbocycles. The first-order chi connectivity index (χ1) is 9.33. The normalized spacial score (nSPS) is 27.1. The third-order valence-corrected chi connectivity index (χ3v) is 4.44. The Labute approximate surface area is 120 Å². The highest BCUT2D eigenvalue weighted by Crippen LogP contribution is 2.48. The van der Waals surface area contributed by atoms with E-state index in [2.05, 4.69) is 5.32 Å². The molecule has 0 bridgehead atoms. The van der Waals surface area contributed by atoms with Crippen molar-refractivity contribution in [2.45, 2.75) is 64.3 Å². The summed E-state index contributed by atoms with van der Waals surface area (Å²) in [5.41, 5.74) is 0. The molecule has 0 unspecified atom stereocenters. The average molecular weight is 289 g/mol. The molecule has 20 heavy (non-hydrogen) atoms. The van der Waals surface area contributed by atoms with Gasteiger partial charge in [-0.05, 0) is 18.8 Å². The van der Waals surface area contributed by atoms with Gasteiger partial charge in [-0.15, -0.1) is 0 Å². The number of rotatable bonds is 5. The van der Waals surface area contributed by atoms with E-state index < -0.39 is 23.8 Å². The Morgan fingerprint density at radius 1 is 1.20 bits per heavy atom. The van der Waals surface area contributed by atoms with Gasteiger partial charge in [-0.25, -0.2) is 8.78 Å². The lowest BCUT2D eigenvalue weighted by Gasteiger charge is -2.31. The summed E-state index contributed by atoms with van der Waals surface area (Å²) in [6.45, 7) is 3.58. The molecule has 1 N–H and O–H groups in total. The van der Waals surface area contributed by atoms with Crippen LogP contribution in [0.25, 0.3) is 0 Å². The molecule has 116 valence electrons. The molecule has 0 spiro atoms. The van der Waals surface area contributed by atoms with E-state index in [-0.39, 0.29) is 25.5 Å². The number of alkyl halides is 2. The number of Topliss-reactive ketones (excluding diaryl/α,β-unsaturated/α-hetero) is 1. The van der Waals surface area contributed by atoms with Crippen LogP contribution in [-0.4, -0.2) is 23.7 Å². The quantitative estimate of drug-likeness (QED) is 0.845. The van der Waals surface area contributed by atoms with E-state index in [0.717, 1.165) is 32.1 Å². The molecule has 0 saturated heterocycles. The predicted molar refractivity (Wildman–Crippen MR) is 73.5 cm³/mol. The summed E-state index contributed by atoms with van der Waals surface area (Å²) in [6.07, 6.45) is 4.64. The van der Waals surface area contributed by atoms with E-state index in [1.54, 1.807) is 13.8 Å². The molecule has 2 atom stereocenters. The lowest BCUT2D eigenvalue weighted by Crippen LogP contribution is -2.49. The number of hydrogen-bond acceptors (Lipinski definition) is 2. The Hall–Kier alpha value is -1.00. The van der Waals surface area contributed by atoms with Crippen LogP contribution in [0, 0.1) is 17.8 Å². The summed E-state index contributed by atoms with van der Waals surface area (Å²) in [5, 5.41) is 2.62. The van der Waals surface area contributed by atoms with Gasteiger partial charge in [0.05, 0.1) is 6.04 Å². The predicted octanol–water partition coefficient (Wildman–Crippen LogP) is 3.18. The van der Waals surface area contributed by atoms with Crippen LogP contribution in [-0.2, 0) is 9.59 Å². The monoisotopic (exact) mass is 289 g/mol. The van der Waals surface area contributed by atoms with Crippen LogP contribution in [0.15, 0.2) is 0 Å². The zero-order valence-corrected chi connectivity index (χ0v) is 12.1. The molecule has 3 nitrogen and oxygen atoms in total. The minimum Gasteiger partial charge on any atom is -0.346 e. The first-order valence-electron chi connectivity index (χ1n) is 7.55. The molecular weight excluding hydrogens is 264 g/mol. The summed E-state index contributed by atoms with van der Waals surface area (Å²) in [6, 6.07) is -0.584. The van der Waals surface area contributed by atoms with Gasteiger partial charge in [0.1, 0.15) is 5.92 Å². The maximum atomic E-state index is 13.0. The molecule has 2 saturated carbocycles. The number of carbonyl (C=O) groups excluding carboxylic acids is 2. The topological polar surface area (TPSA) is 46.2 Å². The van der Waals surface area contributed by atoms with Gasteiger partial charge >= 0.3 is 0 Å². The summed E-state index contributed by atoms with van der Waals surface area (Å²) < 4.78 is 25.9. The summed E-state index contributed by atoms with van der Waals surface area (Å²) in [7, 11) is 0. The highest BCUT2D eigenvalue weighted by Gasteiger charge is 2.61. The number of ketones is 1. The number of amides is 1. The molecule has 0 aliphatic heterocycles. The second-order valence-electron chi connectivity index (χ2n) is 6.46. The molecular formula is C15H25F2NO2. The Morgan fingerprint density at radius 3 is 2.20 bits per heavy atom. The third-order valence-electron chi connectivity index (χ3n) is 4.44. The molecule has 1 amide bonds. The second kappa shape index (κ2) is 5.78. The van der Waals surface area contributed by atoms with Crippen molar-refractivity contribution in [3.05, 3.63) is 0 Å². The van der Waals surface area contributed by atoms with Crippen LogP contribution in [0.4, 0.5) is 8.78 Å². The van der Waals surface area contributed by atoms with E-state index in [9.17, 15) is 18.4 Å². The van der Waals surface area contributed by atoms with E-state index in [4.69, 9.17) is 0 Å². The van der Waals surface area contributed by atoms with Gasteiger partial charge in [-0.1, -0.05) is 33.1 Å². The van der Waals surface area contributed by atoms with Crippen molar-refractivity contribution in [2.24, 2.45) is 17.8 Å². The Morgan fingerprint density at radius 2 is 1.75 bits per heavy atom. The Kier molecular flexibility index (Phi) is 4.45. The van der Waals surface area contributed by atoms with Crippen molar-refractivity contribution < 1.29 is 19.8 Å². The van der Waals surface area contributed by atoms with Gasteiger partial charge in [0.2, 0.25) is 5.91 Å². The van der Waals surface area contributed by atoms with E-state index >= 15 is 0 Å². The van der Waals surface area contributed by atoms with Crippen LogP contribution in [0.2, 0.25) is 0 Å². The van der Waals surface area contributed by atoms with E-state index in [1.807, 2.05) is 0 Å². The number of carbonyl (C=O) groups is 2. The molecule has 2 fully saturated rings. The minimum atomic E-state index is -2.87. The maximum Gasteiger partial charge on any atom is 0.260 e. The van der Waals surface area contributed by atoms with E-state index in [0.29, 0.717) is 0 Å². The van der Waals surface area contributed by atoms with Crippen molar-refractivity contribution in [1.82, 2.24) is 5.32 Å². The van der Waals surface area contributed by atoms with Gasteiger partial charge in [-0.3, -0.25) is 9.59 Å². The van der Waals surface area contributed by atoms with Crippen molar-refractivity contribution in [3.63, 3.8) is 0 Å². The first kappa shape index (κ1) is 15.4. The van der Waals surface area contributed by atoms with E-state index in [1.165, 1.54) is 0 Å². The largest absolute Gasteiger partial charge is 0.346 e. The van der Waals surface area contributed by atoms with Gasteiger partial charge in [0.15, 0.2) is 5.78 Å². The zero-order valence-electron chi connectivity index (χ0n) is 12.1. The van der Waals surface area contributed by atoms with Crippen LogP contribution >= 0.6 is 0 Å². The van der Waals surface area contributed by atoms with Crippen molar-refractivity contribution in [3.8, 4) is 0 Å². The van der Waals surface area contributed by atoms with Crippen molar-refractivity contribution in [2.75, 3.05) is 0 Å². The Balaban J connectivity index is 0.00000220. The van der Waals surface area contributed by atoms with Crippen LogP contribution in [0.5, 0.6) is 0 Å². The van der Waals surface area contributed by atoms with Gasteiger partial charge in [0.25, 0.3) is 5.92 Å². The van der Waals surface area contributed by atoms with Crippen LogP contribution in [0.1, 0.15) is 53.8 Å². The van der Waals surface area contributed by atoms with Crippen molar-refractivity contribution >= 4 is 11.7 Å². The molecule has 0 heterocycles. The molecule has 2 aliphatic rings. The van der Waals surface area contributed by atoms with Gasteiger partial charge in [0, 0.05) is 13.8 Å². The maximum absolute atomic E-state index is 13.0. The SMILES string of the molecule is CC(C)C(=O)[C@H](NC(=O)[C@H]1CC1(F)F)C1CCCCC1.[HH]. The fourth-order valence-electron chi connectivity index (χ4n) is 3.00. The standard InChI is InChI=1S/C15H23F2NO2.H2/c1-9(2)13(19)12(10-6-4-3-5-7-10)18-14(20)11-8-15(11,16)17;/h9-12H,3-8H2,1-2H3,(H,18,20);1H/t11-,12-;/m1./s1. The number of nitrogens with one attached hydrogen (secondary N) is 1. The average Bonchev–Trinajstić information content (AvgIpc) is 3.05. The molecule has 2 rings (SSSR count). The molecule has 0 aromatic rings. The molecule has 0 radical (unpaired) electrons. The molecule has 0 aromatic heterocycles. The van der Waals surface area contributed by atoms with Gasteiger partial charge < -0.3 is 5.32 Å². The van der Waals surface area contributed by atoms with Crippen LogP contribution in [0.3, 0.4) is 0 Å². The Bertz CT molecular complexity index is 395.